The number of carbonyl (C=O) groups excluding carboxylic acids is 1. The molecule has 0 saturated heterocycles. The predicted molar refractivity (Wildman–Crippen MR) is 57.1 cm³/mol. The fourth-order valence-electron chi connectivity index (χ4n) is 1.40. The van der Waals surface area contributed by atoms with Crippen molar-refractivity contribution in [1.29, 1.82) is 0 Å². The lowest BCUT2D eigenvalue weighted by Gasteiger charge is -2.09. The zero-order chi connectivity index (χ0) is 10.7. The van der Waals surface area contributed by atoms with Gasteiger partial charge in [-0.05, 0) is 30.9 Å². The van der Waals surface area contributed by atoms with E-state index in [1.165, 1.54) is 0 Å². The van der Waals surface area contributed by atoms with Gasteiger partial charge >= 0.3 is 0 Å². The summed E-state index contributed by atoms with van der Waals surface area (Å²) in [5.41, 5.74) is 6.31. The molecule has 1 amide bonds. The predicted octanol–water partition coefficient (Wildman–Crippen LogP) is 0.232. The summed E-state index contributed by atoms with van der Waals surface area (Å²) in [7, 11) is 0. The molecule has 3 N–H and O–H groups in total. The van der Waals surface area contributed by atoms with Crippen LogP contribution in [0.15, 0.2) is 24.5 Å². The third kappa shape index (κ3) is 2.53. The van der Waals surface area contributed by atoms with Crippen LogP contribution >= 0.6 is 0 Å². The first-order chi connectivity index (χ1) is 7.21. The normalized spacial score (nSPS) is 17.1. The molecule has 1 aliphatic carbocycles. The molecule has 15 heavy (non-hydrogen) atoms. The standard InChI is InChI=1S/C11H15N3O/c12-11(4-5-11)10(15)14-7-3-9-2-1-6-13-8-9/h1-2,6,8H,3-5,7,12H2,(H,14,15). The summed E-state index contributed by atoms with van der Waals surface area (Å²) in [6.45, 7) is 0.628. The fraction of sp³-hybridized carbons (Fsp3) is 0.455. The van der Waals surface area contributed by atoms with E-state index in [-0.39, 0.29) is 5.91 Å². The van der Waals surface area contributed by atoms with E-state index < -0.39 is 5.54 Å². The van der Waals surface area contributed by atoms with Crippen LogP contribution in [0.1, 0.15) is 18.4 Å². The summed E-state index contributed by atoms with van der Waals surface area (Å²) in [5, 5.41) is 2.84. The minimum Gasteiger partial charge on any atom is -0.354 e. The summed E-state index contributed by atoms with van der Waals surface area (Å²) in [6.07, 6.45) is 5.97. The van der Waals surface area contributed by atoms with Gasteiger partial charge in [0.25, 0.3) is 0 Å². The van der Waals surface area contributed by atoms with Gasteiger partial charge in [-0.3, -0.25) is 9.78 Å². The maximum atomic E-state index is 11.5. The molecule has 0 unspecified atom stereocenters. The molecule has 1 aromatic heterocycles. The second kappa shape index (κ2) is 3.98. The number of nitrogens with one attached hydrogen (secondary N) is 1. The minimum absolute atomic E-state index is 0.0219. The molecule has 1 heterocycles. The van der Waals surface area contributed by atoms with Crippen molar-refractivity contribution in [2.24, 2.45) is 5.73 Å². The molecule has 0 aliphatic heterocycles. The van der Waals surface area contributed by atoms with Gasteiger partial charge in [-0.25, -0.2) is 0 Å². The summed E-state index contributed by atoms with van der Waals surface area (Å²) < 4.78 is 0. The van der Waals surface area contributed by atoms with Gasteiger partial charge < -0.3 is 11.1 Å². The van der Waals surface area contributed by atoms with Crippen molar-refractivity contribution in [2.45, 2.75) is 24.8 Å². The Labute approximate surface area is 88.9 Å². The van der Waals surface area contributed by atoms with Crippen LogP contribution in [0, 0.1) is 0 Å². The third-order valence-corrected chi connectivity index (χ3v) is 2.66. The maximum absolute atomic E-state index is 11.5. The Morgan fingerprint density at radius 3 is 3.00 bits per heavy atom. The van der Waals surface area contributed by atoms with Crippen LogP contribution in [0.3, 0.4) is 0 Å². The topological polar surface area (TPSA) is 68.0 Å². The Hall–Kier alpha value is -1.42. The van der Waals surface area contributed by atoms with Gasteiger partial charge in [0, 0.05) is 18.9 Å². The van der Waals surface area contributed by atoms with E-state index in [2.05, 4.69) is 10.3 Å². The van der Waals surface area contributed by atoms with E-state index in [4.69, 9.17) is 5.73 Å². The molecule has 1 aliphatic rings. The van der Waals surface area contributed by atoms with Crippen molar-refractivity contribution >= 4 is 5.91 Å². The summed E-state index contributed by atoms with van der Waals surface area (Å²) in [5.74, 6) is -0.0219. The lowest BCUT2D eigenvalue weighted by Crippen LogP contribution is -2.43. The lowest BCUT2D eigenvalue weighted by atomic mass is 10.2. The number of carbonyl (C=O) groups is 1. The molecule has 0 aromatic carbocycles. The number of hydrogen-bond donors (Lipinski definition) is 2. The van der Waals surface area contributed by atoms with Crippen molar-refractivity contribution in [3.05, 3.63) is 30.1 Å². The highest BCUT2D eigenvalue weighted by Gasteiger charge is 2.45. The highest BCUT2D eigenvalue weighted by molar-refractivity contribution is 5.88. The van der Waals surface area contributed by atoms with Gasteiger partial charge in [-0.2, -0.15) is 0 Å². The summed E-state index contributed by atoms with van der Waals surface area (Å²) >= 11 is 0. The van der Waals surface area contributed by atoms with Gasteiger partial charge in [0.2, 0.25) is 5.91 Å². The molecule has 2 rings (SSSR count). The fourth-order valence-corrected chi connectivity index (χ4v) is 1.40. The quantitative estimate of drug-likeness (QED) is 0.739. The molecule has 4 nitrogen and oxygen atoms in total. The Morgan fingerprint density at radius 1 is 1.60 bits per heavy atom. The molecule has 1 aromatic rings. The molecule has 1 fully saturated rings. The first-order valence-electron chi connectivity index (χ1n) is 5.17. The second-order valence-corrected chi connectivity index (χ2v) is 4.02. The van der Waals surface area contributed by atoms with Crippen molar-refractivity contribution < 1.29 is 4.79 Å². The van der Waals surface area contributed by atoms with Gasteiger partial charge in [-0.15, -0.1) is 0 Å². The van der Waals surface area contributed by atoms with Crippen LogP contribution in [0.2, 0.25) is 0 Å². The average Bonchev–Trinajstić information content (AvgIpc) is 2.99. The second-order valence-electron chi connectivity index (χ2n) is 4.02. The van der Waals surface area contributed by atoms with Crippen molar-refractivity contribution in [1.82, 2.24) is 10.3 Å². The number of nitrogens with two attached hydrogens (primary N) is 1. The molecule has 0 bridgehead atoms. The number of nitrogens with zero attached hydrogens (tertiary/aromatic N) is 1. The average molecular weight is 205 g/mol. The molecule has 1 saturated carbocycles. The van der Waals surface area contributed by atoms with E-state index in [1.54, 1.807) is 6.20 Å². The first-order valence-corrected chi connectivity index (χ1v) is 5.17. The van der Waals surface area contributed by atoms with Crippen LogP contribution in [0.4, 0.5) is 0 Å². The van der Waals surface area contributed by atoms with Gasteiger partial charge in [-0.1, -0.05) is 6.07 Å². The lowest BCUT2D eigenvalue weighted by molar-refractivity contribution is -0.123. The zero-order valence-electron chi connectivity index (χ0n) is 8.57. The van der Waals surface area contributed by atoms with Crippen LogP contribution in [-0.4, -0.2) is 23.0 Å². The zero-order valence-corrected chi connectivity index (χ0v) is 8.57. The largest absolute Gasteiger partial charge is 0.354 e. The van der Waals surface area contributed by atoms with E-state index in [0.29, 0.717) is 6.54 Å². The minimum atomic E-state index is -0.561. The number of amides is 1. The highest BCUT2D eigenvalue weighted by Crippen LogP contribution is 2.31. The van der Waals surface area contributed by atoms with Crippen LogP contribution in [0.5, 0.6) is 0 Å². The summed E-state index contributed by atoms with van der Waals surface area (Å²) in [4.78, 5) is 15.5. The molecular formula is C11H15N3O. The Morgan fingerprint density at radius 2 is 2.40 bits per heavy atom. The number of rotatable bonds is 4. The summed E-state index contributed by atoms with van der Waals surface area (Å²) in [6, 6.07) is 3.89. The molecule has 80 valence electrons. The smallest absolute Gasteiger partial charge is 0.240 e. The molecule has 0 radical (unpaired) electrons. The molecular weight excluding hydrogens is 190 g/mol. The SMILES string of the molecule is NC1(C(=O)NCCc2cccnc2)CC1. The maximum Gasteiger partial charge on any atom is 0.240 e. The highest BCUT2D eigenvalue weighted by atomic mass is 16.2. The van der Waals surface area contributed by atoms with Gasteiger partial charge in [0.15, 0.2) is 0 Å². The van der Waals surface area contributed by atoms with Crippen molar-refractivity contribution in [3.8, 4) is 0 Å². The van der Waals surface area contributed by atoms with E-state index >= 15 is 0 Å². The van der Waals surface area contributed by atoms with Gasteiger partial charge in [0.05, 0.1) is 5.54 Å². The number of aromatic nitrogens is 1. The third-order valence-electron chi connectivity index (χ3n) is 2.66. The molecule has 4 heteroatoms. The van der Waals surface area contributed by atoms with E-state index in [9.17, 15) is 4.79 Å². The number of pyridine rings is 1. The Bertz CT molecular complexity index is 346. The number of hydrogen-bond acceptors (Lipinski definition) is 3. The monoisotopic (exact) mass is 205 g/mol. The van der Waals surface area contributed by atoms with Crippen LogP contribution in [0.25, 0.3) is 0 Å². The van der Waals surface area contributed by atoms with E-state index in [0.717, 1.165) is 24.8 Å². The first kappa shape index (κ1) is 10.1. The molecule has 0 spiro atoms. The Kier molecular flexibility index (Phi) is 2.68. The van der Waals surface area contributed by atoms with Crippen molar-refractivity contribution in [2.75, 3.05) is 6.54 Å². The van der Waals surface area contributed by atoms with Crippen molar-refractivity contribution in [3.63, 3.8) is 0 Å². The van der Waals surface area contributed by atoms with Crippen LogP contribution in [-0.2, 0) is 11.2 Å². The van der Waals surface area contributed by atoms with Crippen LogP contribution < -0.4 is 11.1 Å². The van der Waals surface area contributed by atoms with Gasteiger partial charge in [0.1, 0.15) is 0 Å². The van der Waals surface area contributed by atoms with E-state index in [1.807, 2.05) is 18.3 Å². The molecule has 0 atom stereocenters. The Balaban J connectivity index is 1.73.